The van der Waals surface area contributed by atoms with Gasteiger partial charge in [0, 0.05) is 28.4 Å². The van der Waals surface area contributed by atoms with Crippen LogP contribution in [0.1, 0.15) is 6.42 Å². The molecule has 0 saturated heterocycles. The summed E-state index contributed by atoms with van der Waals surface area (Å²) in [5.41, 5.74) is 2.60. The van der Waals surface area contributed by atoms with Crippen molar-refractivity contribution in [2.75, 3.05) is 6.61 Å². The first kappa shape index (κ1) is 13.9. The SMILES string of the molecule is c1ccc(OCCCn2c3ccccc3c3ccccc32)cc1. The Balaban J connectivity index is 1.56. The normalized spacial score (nSPS) is 11.1. The molecule has 0 atom stereocenters. The fourth-order valence-corrected chi connectivity index (χ4v) is 3.17. The van der Waals surface area contributed by atoms with Gasteiger partial charge in [-0.1, -0.05) is 54.6 Å². The molecule has 0 N–H and O–H groups in total. The van der Waals surface area contributed by atoms with Crippen molar-refractivity contribution in [2.45, 2.75) is 13.0 Å². The van der Waals surface area contributed by atoms with Gasteiger partial charge in [0.05, 0.1) is 6.61 Å². The maximum Gasteiger partial charge on any atom is 0.119 e. The van der Waals surface area contributed by atoms with Gasteiger partial charge < -0.3 is 9.30 Å². The van der Waals surface area contributed by atoms with E-state index in [4.69, 9.17) is 4.74 Å². The minimum Gasteiger partial charge on any atom is -0.494 e. The van der Waals surface area contributed by atoms with Crippen molar-refractivity contribution in [3.8, 4) is 5.75 Å². The van der Waals surface area contributed by atoms with Gasteiger partial charge in [0.25, 0.3) is 0 Å². The molecular formula is C21H19NO. The molecule has 0 saturated carbocycles. The Morgan fingerprint density at radius 3 is 1.87 bits per heavy atom. The first-order chi connectivity index (χ1) is 11.4. The number of aromatic nitrogens is 1. The van der Waals surface area contributed by atoms with Gasteiger partial charge in [0.1, 0.15) is 5.75 Å². The maximum absolute atomic E-state index is 5.82. The average molecular weight is 301 g/mol. The third kappa shape index (κ3) is 2.68. The van der Waals surface area contributed by atoms with E-state index in [9.17, 15) is 0 Å². The molecule has 0 radical (unpaired) electrons. The zero-order chi connectivity index (χ0) is 15.5. The number of benzene rings is 3. The third-order valence-electron chi connectivity index (χ3n) is 4.22. The standard InChI is InChI=1S/C21H19NO/c1-2-9-17(10-3-1)23-16-8-15-22-20-13-6-4-11-18(20)19-12-5-7-14-21(19)22/h1-7,9-14H,8,15-16H2. The van der Waals surface area contributed by atoms with Gasteiger partial charge in [0.2, 0.25) is 0 Å². The average Bonchev–Trinajstić information content (AvgIpc) is 2.94. The fraction of sp³-hybridized carbons (Fsp3) is 0.143. The largest absolute Gasteiger partial charge is 0.494 e. The Morgan fingerprint density at radius 1 is 0.652 bits per heavy atom. The molecule has 2 heteroatoms. The Morgan fingerprint density at radius 2 is 1.22 bits per heavy atom. The molecule has 4 rings (SSSR count). The van der Waals surface area contributed by atoms with Crippen molar-refractivity contribution >= 4 is 21.8 Å². The lowest BCUT2D eigenvalue weighted by Crippen LogP contribution is -2.04. The Labute approximate surface area is 135 Å². The second-order valence-electron chi connectivity index (χ2n) is 5.70. The lowest BCUT2D eigenvalue weighted by molar-refractivity contribution is 0.303. The van der Waals surface area contributed by atoms with E-state index >= 15 is 0 Å². The zero-order valence-electron chi connectivity index (χ0n) is 13.0. The van der Waals surface area contributed by atoms with Crippen LogP contribution in [-0.4, -0.2) is 11.2 Å². The van der Waals surface area contributed by atoms with E-state index in [1.54, 1.807) is 0 Å². The van der Waals surface area contributed by atoms with E-state index in [0.717, 1.165) is 25.3 Å². The molecule has 0 amide bonds. The summed E-state index contributed by atoms with van der Waals surface area (Å²) in [5.74, 6) is 0.940. The smallest absolute Gasteiger partial charge is 0.119 e. The number of ether oxygens (including phenoxy) is 1. The van der Waals surface area contributed by atoms with Gasteiger partial charge >= 0.3 is 0 Å². The molecule has 0 aliphatic rings. The van der Waals surface area contributed by atoms with Crippen molar-refractivity contribution < 1.29 is 4.74 Å². The van der Waals surface area contributed by atoms with E-state index in [0.29, 0.717) is 0 Å². The van der Waals surface area contributed by atoms with Crippen LogP contribution >= 0.6 is 0 Å². The van der Waals surface area contributed by atoms with E-state index in [1.807, 2.05) is 30.3 Å². The van der Waals surface area contributed by atoms with Gasteiger partial charge in [-0.3, -0.25) is 0 Å². The molecule has 2 nitrogen and oxygen atoms in total. The molecule has 1 heterocycles. The van der Waals surface area contributed by atoms with Crippen LogP contribution in [0.3, 0.4) is 0 Å². The van der Waals surface area contributed by atoms with Crippen LogP contribution in [0, 0.1) is 0 Å². The van der Waals surface area contributed by atoms with Crippen LogP contribution in [0.15, 0.2) is 78.9 Å². The molecule has 0 aliphatic carbocycles. The van der Waals surface area contributed by atoms with Crippen molar-refractivity contribution in [1.82, 2.24) is 4.57 Å². The number of hydrogen-bond acceptors (Lipinski definition) is 1. The number of aryl methyl sites for hydroxylation is 1. The summed E-state index contributed by atoms with van der Waals surface area (Å²) in [6.45, 7) is 1.69. The van der Waals surface area contributed by atoms with E-state index in [1.165, 1.54) is 21.8 Å². The molecule has 1 aromatic heterocycles. The maximum atomic E-state index is 5.82. The van der Waals surface area contributed by atoms with E-state index in [-0.39, 0.29) is 0 Å². The van der Waals surface area contributed by atoms with Gasteiger partial charge in [-0.2, -0.15) is 0 Å². The second-order valence-corrected chi connectivity index (χ2v) is 5.70. The lowest BCUT2D eigenvalue weighted by Gasteiger charge is -2.09. The number of fused-ring (bicyclic) bond motifs is 3. The molecule has 0 unspecified atom stereocenters. The molecule has 23 heavy (non-hydrogen) atoms. The molecule has 0 bridgehead atoms. The Hall–Kier alpha value is -2.74. The predicted molar refractivity (Wildman–Crippen MR) is 96.0 cm³/mol. The third-order valence-corrected chi connectivity index (χ3v) is 4.22. The molecule has 4 aromatic rings. The highest BCUT2D eigenvalue weighted by atomic mass is 16.5. The van der Waals surface area contributed by atoms with E-state index in [2.05, 4.69) is 53.1 Å². The molecule has 3 aromatic carbocycles. The Kier molecular flexibility index (Phi) is 3.73. The van der Waals surface area contributed by atoms with Crippen molar-refractivity contribution in [2.24, 2.45) is 0 Å². The van der Waals surface area contributed by atoms with Crippen LogP contribution in [0.5, 0.6) is 5.75 Å². The highest BCUT2D eigenvalue weighted by Crippen LogP contribution is 2.28. The molecule has 0 aliphatic heterocycles. The van der Waals surface area contributed by atoms with Crippen LogP contribution in [0.25, 0.3) is 21.8 Å². The van der Waals surface area contributed by atoms with Crippen LogP contribution in [0.4, 0.5) is 0 Å². The van der Waals surface area contributed by atoms with Crippen molar-refractivity contribution in [3.05, 3.63) is 78.9 Å². The van der Waals surface area contributed by atoms with Crippen LogP contribution in [-0.2, 0) is 6.54 Å². The lowest BCUT2D eigenvalue weighted by atomic mass is 10.2. The Bertz CT molecular complexity index is 871. The van der Waals surface area contributed by atoms with Gasteiger partial charge in [-0.15, -0.1) is 0 Å². The number of rotatable bonds is 5. The number of nitrogens with zero attached hydrogens (tertiary/aromatic N) is 1. The molecule has 0 fully saturated rings. The summed E-state index contributed by atoms with van der Waals surface area (Å²) in [7, 11) is 0. The summed E-state index contributed by atoms with van der Waals surface area (Å²) >= 11 is 0. The predicted octanol–water partition coefficient (Wildman–Crippen LogP) is 5.26. The van der Waals surface area contributed by atoms with Crippen LogP contribution < -0.4 is 4.74 Å². The summed E-state index contributed by atoms with van der Waals surface area (Å²) in [6, 6.07) is 27.3. The highest BCUT2D eigenvalue weighted by molar-refractivity contribution is 6.07. The molecule has 0 spiro atoms. The highest BCUT2D eigenvalue weighted by Gasteiger charge is 2.08. The van der Waals surface area contributed by atoms with Gasteiger partial charge in [0.15, 0.2) is 0 Å². The molecule has 114 valence electrons. The monoisotopic (exact) mass is 301 g/mol. The van der Waals surface area contributed by atoms with E-state index < -0.39 is 0 Å². The topological polar surface area (TPSA) is 14.2 Å². The summed E-state index contributed by atoms with van der Waals surface area (Å²) in [5, 5.41) is 2.65. The number of para-hydroxylation sites is 3. The minimum absolute atomic E-state index is 0.727. The quantitative estimate of drug-likeness (QED) is 0.458. The minimum atomic E-state index is 0.727. The number of hydrogen-bond donors (Lipinski definition) is 0. The summed E-state index contributed by atoms with van der Waals surface area (Å²) < 4.78 is 8.22. The fourth-order valence-electron chi connectivity index (χ4n) is 3.17. The second kappa shape index (κ2) is 6.17. The summed E-state index contributed by atoms with van der Waals surface area (Å²) in [4.78, 5) is 0. The van der Waals surface area contributed by atoms with Gasteiger partial charge in [-0.05, 0) is 30.7 Å². The molecular weight excluding hydrogens is 282 g/mol. The first-order valence-corrected chi connectivity index (χ1v) is 8.07. The van der Waals surface area contributed by atoms with Crippen molar-refractivity contribution in [1.29, 1.82) is 0 Å². The first-order valence-electron chi connectivity index (χ1n) is 8.07. The summed E-state index contributed by atoms with van der Waals surface area (Å²) in [6.07, 6.45) is 0.984. The van der Waals surface area contributed by atoms with Crippen LogP contribution in [0.2, 0.25) is 0 Å². The van der Waals surface area contributed by atoms with Gasteiger partial charge in [-0.25, -0.2) is 0 Å². The zero-order valence-corrected chi connectivity index (χ0v) is 13.0. The van der Waals surface area contributed by atoms with Crippen molar-refractivity contribution in [3.63, 3.8) is 0 Å².